The number of nitrogens with one attached hydrogen (secondary N) is 1. The van der Waals surface area contributed by atoms with Crippen LogP contribution in [0.15, 0.2) is 0 Å². The Bertz CT molecular complexity index is 504. The minimum absolute atomic E-state index is 0.0535. The number of amides is 3. The predicted molar refractivity (Wildman–Crippen MR) is 94.7 cm³/mol. The van der Waals surface area contributed by atoms with E-state index in [1.807, 2.05) is 0 Å². The summed E-state index contributed by atoms with van der Waals surface area (Å²) in [6, 6.07) is 1.17. The lowest BCUT2D eigenvalue weighted by Gasteiger charge is -2.26. The molecule has 6 nitrogen and oxygen atoms in total. The Balaban J connectivity index is 1.40. The third-order valence-corrected chi connectivity index (χ3v) is 5.87. The van der Waals surface area contributed by atoms with Gasteiger partial charge in [0.2, 0.25) is 17.7 Å². The van der Waals surface area contributed by atoms with Crippen molar-refractivity contribution >= 4 is 17.7 Å². The lowest BCUT2D eigenvalue weighted by molar-refractivity contribution is -0.140. The SMILES string of the molecule is CC(C)N(CCNC(=O)CCN1C(=O)[C@H]2CCCC[C@@H]2C1=O)C1CC1. The van der Waals surface area contributed by atoms with Gasteiger partial charge >= 0.3 is 0 Å². The molecule has 0 aromatic heterocycles. The van der Waals surface area contributed by atoms with Crippen LogP contribution in [0.25, 0.3) is 0 Å². The van der Waals surface area contributed by atoms with Gasteiger partial charge in [-0.05, 0) is 39.5 Å². The molecule has 1 heterocycles. The summed E-state index contributed by atoms with van der Waals surface area (Å²) in [5, 5.41) is 2.94. The molecule has 2 aliphatic carbocycles. The molecular formula is C19H31N3O3. The van der Waals surface area contributed by atoms with Gasteiger partial charge in [0.1, 0.15) is 0 Å². The van der Waals surface area contributed by atoms with Gasteiger partial charge in [0, 0.05) is 38.1 Å². The van der Waals surface area contributed by atoms with E-state index in [1.54, 1.807) is 0 Å². The van der Waals surface area contributed by atoms with E-state index in [4.69, 9.17) is 0 Å². The summed E-state index contributed by atoms with van der Waals surface area (Å²) in [5.74, 6) is -0.427. The van der Waals surface area contributed by atoms with Crippen LogP contribution in [0.3, 0.4) is 0 Å². The van der Waals surface area contributed by atoms with E-state index in [9.17, 15) is 14.4 Å². The molecule has 3 aliphatic rings. The van der Waals surface area contributed by atoms with Crippen LogP contribution >= 0.6 is 0 Å². The molecule has 2 atom stereocenters. The number of rotatable bonds is 8. The number of imide groups is 1. The van der Waals surface area contributed by atoms with Gasteiger partial charge in [-0.25, -0.2) is 0 Å². The molecule has 2 saturated carbocycles. The van der Waals surface area contributed by atoms with E-state index in [0.29, 0.717) is 18.6 Å². The third-order valence-electron chi connectivity index (χ3n) is 5.87. The smallest absolute Gasteiger partial charge is 0.233 e. The molecule has 0 aromatic rings. The van der Waals surface area contributed by atoms with Crippen LogP contribution in [0.1, 0.15) is 58.8 Å². The van der Waals surface area contributed by atoms with Crippen molar-refractivity contribution in [3.63, 3.8) is 0 Å². The molecule has 3 rings (SSSR count). The first kappa shape index (κ1) is 18.4. The van der Waals surface area contributed by atoms with E-state index in [1.165, 1.54) is 17.7 Å². The molecule has 1 saturated heterocycles. The minimum Gasteiger partial charge on any atom is -0.355 e. The average Bonchev–Trinajstić information content (AvgIpc) is 3.39. The maximum absolute atomic E-state index is 12.4. The predicted octanol–water partition coefficient (Wildman–Crippen LogP) is 1.54. The number of carbonyl (C=O) groups is 3. The number of nitrogens with zero attached hydrogens (tertiary/aromatic N) is 2. The molecule has 3 amide bonds. The quantitative estimate of drug-likeness (QED) is 0.675. The molecule has 0 bridgehead atoms. The van der Waals surface area contributed by atoms with Crippen molar-refractivity contribution in [2.75, 3.05) is 19.6 Å². The Morgan fingerprint density at radius 1 is 1.12 bits per heavy atom. The first-order valence-corrected chi connectivity index (χ1v) is 9.86. The zero-order valence-electron chi connectivity index (χ0n) is 15.5. The Morgan fingerprint density at radius 2 is 1.72 bits per heavy atom. The molecule has 0 spiro atoms. The van der Waals surface area contributed by atoms with Crippen molar-refractivity contribution in [2.45, 2.75) is 70.9 Å². The summed E-state index contributed by atoms with van der Waals surface area (Å²) >= 11 is 0. The summed E-state index contributed by atoms with van der Waals surface area (Å²) in [6.45, 7) is 6.09. The monoisotopic (exact) mass is 349 g/mol. The zero-order valence-corrected chi connectivity index (χ0v) is 15.5. The largest absolute Gasteiger partial charge is 0.355 e. The molecule has 25 heavy (non-hydrogen) atoms. The maximum atomic E-state index is 12.4. The molecule has 1 aliphatic heterocycles. The van der Waals surface area contributed by atoms with Gasteiger partial charge < -0.3 is 5.32 Å². The second kappa shape index (κ2) is 7.85. The normalized spacial score (nSPS) is 26.5. The highest BCUT2D eigenvalue weighted by Crippen LogP contribution is 2.37. The molecule has 0 unspecified atom stereocenters. The number of fused-ring (bicyclic) bond motifs is 1. The van der Waals surface area contributed by atoms with Gasteiger partial charge in [-0.1, -0.05) is 12.8 Å². The Morgan fingerprint density at radius 3 is 2.24 bits per heavy atom. The number of hydrogen-bond acceptors (Lipinski definition) is 4. The molecule has 6 heteroatoms. The van der Waals surface area contributed by atoms with Crippen molar-refractivity contribution in [3.8, 4) is 0 Å². The van der Waals surface area contributed by atoms with Crippen molar-refractivity contribution in [3.05, 3.63) is 0 Å². The first-order valence-electron chi connectivity index (χ1n) is 9.86. The van der Waals surface area contributed by atoms with Crippen molar-refractivity contribution in [1.82, 2.24) is 15.1 Å². The summed E-state index contributed by atoms with van der Waals surface area (Å²) in [4.78, 5) is 40.6. The van der Waals surface area contributed by atoms with Crippen LogP contribution in [-0.2, 0) is 14.4 Å². The summed E-state index contributed by atoms with van der Waals surface area (Å²) in [5.41, 5.74) is 0. The zero-order chi connectivity index (χ0) is 18.0. The number of carbonyl (C=O) groups excluding carboxylic acids is 3. The van der Waals surface area contributed by atoms with E-state index in [-0.39, 0.29) is 42.5 Å². The fourth-order valence-corrected chi connectivity index (χ4v) is 4.35. The summed E-state index contributed by atoms with van der Waals surface area (Å²) in [7, 11) is 0. The van der Waals surface area contributed by atoms with Crippen LogP contribution in [0.4, 0.5) is 0 Å². The van der Waals surface area contributed by atoms with Gasteiger partial charge in [-0.3, -0.25) is 24.2 Å². The number of likely N-dealkylation sites (tertiary alicyclic amines) is 1. The highest BCUT2D eigenvalue weighted by molar-refractivity contribution is 6.05. The fraction of sp³-hybridized carbons (Fsp3) is 0.842. The van der Waals surface area contributed by atoms with E-state index >= 15 is 0 Å². The second-order valence-corrected chi connectivity index (χ2v) is 7.99. The molecule has 140 valence electrons. The van der Waals surface area contributed by atoms with Crippen LogP contribution in [0.2, 0.25) is 0 Å². The topological polar surface area (TPSA) is 69.7 Å². The Kier molecular flexibility index (Phi) is 5.77. The van der Waals surface area contributed by atoms with Gasteiger partial charge in [0.25, 0.3) is 0 Å². The minimum atomic E-state index is -0.123. The highest BCUT2D eigenvalue weighted by Gasteiger charge is 2.47. The van der Waals surface area contributed by atoms with E-state index in [0.717, 1.165) is 32.2 Å². The third kappa shape index (κ3) is 4.22. The van der Waals surface area contributed by atoms with Crippen LogP contribution < -0.4 is 5.32 Å². The average molecular weight is 349 g/mol. The van der Waals surface area contributed by atoms with Crippen LogP contribution in [0.5, 0.6) is 0 Å². The van der Waals surface area contributed by atoms with Gasteiger partial charge in [-0.15, -0.1) is 0 Å². The summed E-state index contributed by atoms with van der Waals surface area (Å²) in [6.07, 6.45) is 6.43. The second-order valence-electron chi connectivity index (χ2n) is 7.99. The lowest BCUT2D eigenvalue weighted by Crippen LogP contribution is -2.41. The fourth-order valence-electron chi connectivity index (χ4n) is 4.35. The van der Waals surface area contributed by atoms with Gasteiger partial charge in [0.15, 0.2) is 0 Å². The van der Waals surface area contributed by atoms with Crippen LogP contribution in [0, 0.1) is 11.8 Å². The van der Waals surface area contributed by atoms with Crippen molar-refractivity contribution in [1.29, 1.82) is 0 Å². The Labute approximate surface area is 150 Å². The van der Waals surface area contributed by atoms with E-state index < -0.39 is 0 Å². The van der Waals surface area contributed by atoms with Crippen molar-refractivity contribution in [2.24, 2.45) is 11.8 Å². The first-order chi connectivity index (χ1) is 12.0. The van der Waals surface area contributed by atoms with Crippen molar-refractivity contribution < 1.29 is 14.4 Å². The summed E-state index contributed by atoms with van der Waals surface area (Å²) < 4.78 is 0. The Hall–Kier alpha value is -1.43. The molecular weight excluding hydrogens is 318 g/mol. The number of hydrogen-bond donors (Lipinski definition) is 1. The molecule has 0 aromatic carbocycles. The molecule has 1 N–H and O–H groups in total. The van der Waals surface area contributed by atoms with E-state index in [2.05, 4.69) is 24.1 Å². The van der Waals surface area contributed by atoms with Crippen LogP contribution in [-0.4, -0.2) is 59.2 Å². The maximum Gasteiger partial charge on any atom is 0.233 e. The van der Waals surface area contributed by atoms with Gasteiger partial charge in [0.05, 0.1) is 11.8 Å². The van der Waals surface area contributed by atoms with Gasteiger partial charge in [-0.2, -0.15) is 0 Å². The molecule has 0 radical (unpaired) electrons. The molecule has 3 fully saturated rings. The standard InChI is InChI=1S/C19H31N3O3/c1-13(2)21(14-7-8-14)12-10-20-17(23)9-11-22-18(24)15-5-3-4-6-16(15)19(22)25/h13-16H,3-12H2,1-2H3,(H,20,23)/t15-,16-/m0/s1. The highest BCUT2D eigenvalue weighted by atomic mass is 16.2. The lowest BCUT2D eigenvalue weighted by atomic mass is 9.81.